The van der Waals surface area contributed by atoms with Gasteiger partial charge in [0.1, 0.15) is 0 Å². The minimum Gasteiger partial charge on any atom is -0.294 e. The van der Waals surface area contributed by atoms with Crippen molar-refractivity contribution in [2.75, 3.05) is 6.54 Å². The van der Waals surface area contributed by atoms with Crippen LogP contribution in [0, 0.1) is 0 Å². The zero-order chi connectivity index (χ0) is 10.8. The van der Waals surface area contributed by atoms with Crippen molar-refractivity contribution in [2.24, 2.45) is 4.99 Å². The second kappa shape index (κ2) is 8.46. The molecule has 1 aliphatic rings. The van der Waals surface area contributed by atoms with Crippen LogP contribution in [0.15, 0.2) is 29.3 Å². The third kappa shape index (κ3) is 6.27. The molecule has 0 fully saturated rings. The van der Waals surface area contributed by atoms with Crippen LogP contribution in [0.5, 0.6) is 0 Å². The van der Waals surface area contributed by atoms with E-state index in [-0.39, 0.29) is 0 Å². The second-order valence-electron chi connectivity index (χ2n) is 4.10. The summed E-state index contributed by atoms with van der Waals surface area (Å²) >= 11 is 0. The molecule has 15 heavy (non-hydrogen) atoms. The molecule has 0 unspecified atom stereocenters. The van der Waals surface area contributed by atoms with Crippen LogP contribution in [0.4, 0.5) is 0 Å². The topological polar surface area (TPSA) is 12.4 Å². The molecule has 0 aromatic rings. The van der Waals surface area contributed by atoms with Gasteiger partial charge in [-0.2, -0.15) is 0 Å². The van der Waals surface area contributed by atoms with Gasteiger partial charge in [-0.05, 0) is 51.9 Å². The van der Waals surface area contributed by atoms with Gasteiger partial charge in [-0.25, -0.2) is 0 Å². The van der Waals surface area contributed by atoms with Gasteiger partial charge < -0.3 is 0 Å². The Labute approximate surface area is 94.0 Å². The SMILES string of the molecule is C/C=C/C=C/CCCCC1=NCCCC1. The van der Waals surface area contributed by atoms with E-state index in [1.807, 2.05) is 6.92 Å². The summed E-state index contributed by atoms with van der Waals surface area (Å²) in [4.78, 5) is 4.56. The highest BCUT2D eigenvalue weighted by atomic mass is 14.7. The first-order chi connectivity index (χ1) is 7.43. The second-order valence-corrected chi connectivity index (χ2v) is 4.10. The van der Waals surface area contributed by atoms with Crippen LogP contribution >= 0.6 is 0 Å². The first-order valence-electron chi connectivity index (χ1n) is 6.23. The highest BCUT2D eigenvalue weighted by Crippen LogP contribution is 2.11. The van der Waals surface area contributed by atoms with E-state index >= 15 is 0 Å². The van der Waals surface area contributed by atoms with Crippen molar-refractivity contribution in [3.8, 4) is 0 Å². The predicted molar refractivity (Wildman–Crippen MR) is 68.6 cm³/mol. The number of unbranched alkanes of at least 4 members (excludes halogenated alkanes) is 2. The molecular weight excluding hydrogens is 182 g/mol. The van der Waals surface area contributed by atoms with Crippen molar-refractivity contribution in [2.45, 2.75) is 51.9 Å². The molecular formula is C14H23N. The molecule has 1 heterocycles. The lowest BCUT2D eigenvalue weighted by Crippen LogP contribution is -2.05. The number of aliphatic imine (C=N–C) groups is 1. The van der Waals surface area contributed by atoms with Crippen LogP contribution in [0.1, 0.15) is 51.9 Å². The molecule has 0 N–H and O–H groups in total. The Hall–Kier alpha value is -0.850. The zero-order valence-corrected chi connectivity index (χ0v) is 9.91. The Kier molecular flexibility index (Phi) is 6.89. The lowest BCUT2D eigenvalue weighted by atomic mass is 10.0. The van der Waals surface area contributed by atoms with Gasteiger partial charge in [-0.3, -0.25) is 4.99 Å². The van der Waals surface area contributed by atoms with Gasteiger partial charge in [0.05, 0.1) is 0 Å². The Morgan fingerprint density at radius 3 is 2.87 bits per heavy atom. The summed E-state index contributed by atoms with van der Waals surface area (Å²) in [5.74, 6) is 0. The number of hydrogen-bond acceptors (Lipinski definition) is 1. The van der Waals surface area contributed by atoms with E-state index in [2.05, 4.69) is 29.3 Å². The fourth-order valence-corrected chi connectivity index (χ4v) is 1.84. The third-order valence-electron chi connectivity index (χ3n) is 2.73. The van der Waals surface area contributed by atoms with E-state index in [0.717, 1.165) is 6.54 Å². The maximum atomic E-state index is 4.56. The molecule has 1 aliphatic heterocycles. The fourth-order valence-electron chi connectivity index (χ4n) is 1.84. The van der Waals surface area contributed by atoms with Crippen molar-refractivity contribution in [1.82, 2.24) is 0 Å². The fraction of sp³-hybridized carbons (Fsp3) is 0.643. The lowest BCUT2D eigenvalue weighted by Gasteiger charge is -2.10. The van der Waals surface area contributed by atoms with E-state index in [9.17, 15) is 0 Å². The van der Waals surface area contributed by atoms with E-state index in [4.69, 9.17) is 0 Å². The third-order valence-corrected chi connectivity index (χ3v) is 2.73. The van der Waals surface area contributed by atoms with Crippen molar-refractivity contribution in [3.05, 3.63) is 24.3 Å². The Balaban J connectivity index is 1.99. The van der Waals surface area contributed by atoms with Crippen molar-refractivity contribution >= 4 is 5.71 Å². The van der Waals surface area contributed by atoms with E-state index in [0.29, 0.717) is 0 Å². The maximum Gasteiger partial charge on any atom is 0.0388 e. The van der Waals surface area contributed by atoms with Crippen LogP contribution in [-0.2, 0) is 0 Å². The van der Waals surface area contributed by atoms with Gasteiger partial charge in [-0.15, -0.1) is 0 Å². The molecule has 1 rings (SSSR count). The predicted octanol–water partition coefficient (Wildman–Crippen LogP) is 4.30. The van der Waals surface area contributed by atoms with Crippen LogP contribution in [0.25, 0.3) is 0 Å². The molecule has 0 radical (unpaired) electrons. The standard InChI is InChI=1S/C14H23N/c1-2-3-4-5-6-7-8-11-14-12-9-10-13-15-14/h2-5H,6-13H2,1H3/b3-2+,5-4+. The van der Waals surface area contributed by atoms with E-state index < -0.39 is 0 Å². The van der Waals surface area contributed by atoms with E-state index in [1.54, 1.807) is 0 Å². The molecule has 0 bridgehead atoms. The molecule has 0 aromatic heterocycles. The normalized spacial score (nSPS) is 17.5. The van der Waals surface area contributed by atoms with Crippen molar-refractivity contribution in [1.29, 1.82) is 0 Å². The summed E-state index contributed by atoms with van der Waals surface area (Å²) in [6, 6.07) is 0. The van der Waals surface area contributed by atoms with Crippen LogP contribution in [-0.4, -0.2) is 12.3 Å². The first kappa shape index (κ1) is 12.2. The van der Waals surface area contributed by atoms with Gasteiger partial charge in [-0.1, -0.05) is 24.3 Å². The van der Waals surface area contributed by atoms with Gasteiger partial charge in [0.15, 0.2) is 0 Å². The summed E-state index contributed by atoms with van der Waals surface area (Å²) in [5, 5.41) is 0. The Morgan fingerprint density at radius 2 is 2.13 bits per heavy atom. The zero-order valence-electron chi connectivity index (χ0n) is 9.91. The lowest BCUT2D eigenvalue weighted by molar-refractivity contribution is 0.702. The average molecular weight is 205 g/mol. The Morgan fingerprint density at radius 1 is 1.20 bits per heavy atom. The molecule has 0 atom stereocenters. The monoisotopic (exact) mass is 205 g/mol. The smallest absolute Gasteiger partial charge is 0.0388 e. The average Bonchev–Trinajstić information content (AvgIpc) is 2.29. The number of allylic oxidation sites excluding steroid dienone is 4. The molecule has 0 aliphatic carbocycles. The van der Waals surface area contributed by atoms with E-state index in [1.165, 1.54) is 50.7 Å². The number of hydrogen-bond donors (Lipinski definition) is 0. The molecule has 1 heteroatoms. The summed E-state index contributed by atoms with van der Waals surface area (Å²) in [6.07, 6.45) is 17.5. The quantitative estimate of drug-likeness (QED) is 0.453. The molecule has 84 valence electrons. The van der Waals surface area contributed by atoms with Crippen LogP contribution in [0.2, 0.25) is 0 Å². The summed E-state index contributed by atoms with van der Waals surface area (Å²) in [7, 11) is 0. The summed E-state index contributed by atoms with van der Waals surface area (Å²) < 4.78 is 0. The van der Waals surface area contributed by atoms with Crippen LogP contribution in [0.3, 0.4) is 0 Å². The molecule has 0 saturated heterocycles. The molecule has 0 spiro atoms. The van der Waals surface area contributed by atoms with Crippen molar-refractivity contribution in [3.63, 3.8) is 0 Å². The molecule has 1 nitrogen and oxygen atoms in total. The summed E-state index contributed by atoms with van der Waals surface area (Å²) in [5.41, 5.74) is 1.47. The molecule has 0 amide bonds. The summed E-state index contributed by atoms with van der Waals surface area (Å²) in [6.45, 7) is 3.13. The maximum absolute atomic E-state index is 4.56. The van der Waals surface area contributed by atoms with Gasteiger partial charge >= 0.3 is 0 Å². The number of nitrogens with zero attached hydrogens (tertiary/aromatic N) is 1. The minimum atomic E-state index is 1.08. The highest BCUT2D eigenvalue weighted by molar-refractivity contribution is 5.84. The largest absolute Gasteiger partial charge is 0.294 e. The number of rotatable bonds is 6. The van der Waals surface area contributed by atoms with Gasteiger partial charge in [0, 0.05) is 12.3 Å². The van der Waals surface area contributed by atoms with Gasteiger partial charge in [0.2, 0.25) is 0 Å². The first-order valence-corrected chi connectivity index (χ1v) is 6.23. The molecule has 0 aromatic carbocycles. The highest BCUT2D eigenvalue weighted by Gasteiger charge is 2.03. The Bertz CT molecular complexity index is 236. The van der Waals surface area contributed by atoms with Crippen molar-refractivity contribution < 1.29 is 0 Å². The molecule has 0 saturated carbocycles. The van der Waals surface area contributed by atoms with Crippen LogP contribution < -0.4 is 0 Å². The minimum absolute atomic E-state index is 1.08. The van der Waals surface area contributed by atoms with Gasteiger partial charge in [0.25, 0.3) is 0 Å².